The van der Waals surface area contributed by atoms with Gasteiger partial charge in [-0.05, 0) is 101 Å². The molecule has 0 amide bonds. The van der Waals surface area contributed by atoms with Gasteiger partial charge in [0.05, 0.1) is 23.3 Å². The van der Waals surface area contributed by atoms with Crippen molar-refractivity contribution in [2.75, 3.05) is 43.2 Å². The number of benzene rings is 2. The van der Waals surface area contributed by atoms with Gasteiger partial charge < -0.3 is 9.80 Å². The fourth-order valence-electron chi connectivity index (χ4n) is 6.52. The second kappa shape index (κ2) is 17.1. The molecule has 2 aromatic carbocycles. The smallest absolute Gasteiger partial charge is 0.211 e. The molecule has 0 atom stereocenters. The molecule has 61 heavy (non-hydrogen) atoms. The molecule has 8 aromatic rings. The van der Waals surface area contributed by atoms with Crippen LogP contribution in [0.2, 0.25) is 0 Å². The molecule has 0 spiro atoms. The van der Waals surface area contributed by atoms with Gasteiger partial charge in [-0.1, -0.05) is 6.08 Å². The minimum absolute atomic E-state index is 0.219. The van der Waals surface area contributed by atoms with Gasteiger partial charge in [-0.2, -0.15) is 23.5 Å². The lowest BCUT2D eigenvalue weighted by atomic mass is 10.1. The number of anilines is 4. The lowest BCUT2D eigenvalue weighted by Crippen LogP contribution is -2.33. The van der Waals surface area contributed by atoms with Crippen molar-refractivity contribution < 1.29 is 26.8 Å². The highest BCUT2D eigenvalue weighted by molar-refractivity contribution is 9.10. The Kier molecular flexibility index (Phi) is 11.7. The standard InChI is InChI=1S/C23H21FN6O3S2.C17H11BrFN5OS/c1-28(23-26-20(14-34-23)15-3-5-17(24)6-4-15)22-19(13-31)25-21-8-7-18(27-30(21)22)16-9-11-29(12-10-16)35(2,32)33;1-23(16-12(8-25)20-15-7-6-14(18)22-24(15)16)17-21-13(9-26-17)10-2-4-11(19)5-3-10/h3-9,13-14H,10-12H2,1-2H3;2-9H,1H3. The number of carbonyl (C=O) groups is 2. The molecular weight excluding hydrogens is 913 g/mol. The van der Waals surface area contributed by atoms with Crippen LogP contribution in [-0.4, -0.2) is 97.9 Å². The molecule has 0 unspecified atom stereocenters. The van der Waals surface area contributed by atoms with Crippen LogP contribution in [0.5, 0.6) is 0 Å². The zero-order chi connectivity index (χ0) is 43.0. The SMILES string of the molecule is CN(c1nc(-c2ccc(F)cc2)cs1)c1c(C=O)nc2ccc(Br)nn12.CN(c1nc(-c2ccc(F)cc2)cs1)c1c(C=O)nc2ccc(C3=CCN(S(C)(=O)=O)CC3)nn12. The molecule has 6 aromatic heterocycles. The van der Waals surface area contributed by atoms with Gasteiger partial charge in [0, 0.05) is 49.1 Å². The van der Waals surface area contributed by atoms with Gasteiger partial charge in [-0.15, -0.1) is 22.7 Å². The van der Waals surface area contributed by atoms with Crippen LogP contribution in [0.25, 0.3) is 39.4 Å². The van der Waals surface area contributed by atoms with Crippen molar-refractivity contribution in [2.24, 2.45) is 0 Å². The van der Waals surface area contributed by atoms with Gasteiger partial charge in [0.25, 0.3) is 0 Å². The lowest BCUT2D eigenvalue weighted by Gasteiger charge is -2.24. The van der Waals surface area contributed by atoms with E-state index in [2.05, 4.69) is 41.0 Å². The first-order chi connectivity index (χ1) is 29.3. The predicted molar refractivity (Wildman–Crippen MR) is 235 cm³/mol. The van der Waals surface area contributed by atoms with Gasteiger partial charge in [0.15, 0.2) is 45.8 Å². The molecule has 0 radical (unpaired) electrons. The van der Waals surface area contributed by atoms with E-state index in [9.17, 15) is 26.8 Å². The predicted octanol–water partition coefficient (Wildman–Crippen LogP) is 7.96. The number of nitrogens with zero attached hydrogens (tertiary/aromatic N) is 11. The fraction of sp³-hybridized carbons (Fsp3) is 0.150. The van der Waals surface area contributed by atoms with Crippen LogP contribution in [0.1, 0.15) is 33.1 Å². The van der Waals surface area contributed by atoms with Crippen LogP contribution in [0, 0.1) is 11.6 Å². The monoisotopic (exact) mass is 943 g/mol. The van der Waals surface area contributed by atoms with Crippen molar-refractivity contribution >= 4 is 100.0 Å². The van der Waals surface area contributed by atoms with Crippen LogP contribution in [0.15, 0.2) is 94.2 Å². The number of hydrogen-bond acceptors (Lipinski definition) is 14. The molecule has 0 aliphatic carbocycles. The Morgan fingerprint density at radius 2 is 1.18 bits per heavy atom. The quantitative estimate of drug-likeness (QED) is 0.122. The topological polar surface area (TPSA) is 164 Å². The maximum atomic E-state index is 13.3. The Balaban J connectivity index is 0.000000176. The molecule has 0 saturated carbocycles. The summed E-state index contributed by atoms with van der Waals surface area (Å²) in [5.74, 6) is 0.378. The van der Waals surface area contributed by atoms with Crippen LogP contribution in [0.3, 0.4) is 0 Å². The second-order valence-electron chi connectivity index (χ2n) is 13.6. The number of fused-ring (bicyclic) bond motifs is 2. The molecule has 7 heterocycles. The first-order valence-electron chi connectivity index (χ1n) is 18.2. The zero-order valence-electron chi connectivity index (χ0n) is 32.3. The number of imidazole rings is 2. The van der Waals surface area contributed by atoms with Crippen molar-refractivity contribution in [3.8, 4) is 22.5 Å². The summed E-state index contributed by atoms with van der Waals surface area (Å²) >= 11 is 6.12. The third-order valence-corrected chi connectivity index (χ3v) is 13.1. The Morgan fingerprint density at radius 3 is 1.64 bits per heavy atom. The highest BCUT2D eigenvalue weighted by Crippen LogP contribution is 2.35. The first-order valence-corrected chi connectivity index (χ1v) is 22.6. The maximum Gasteiger partial charge on any atom is 0.211 e. The molecule has 15 nitrogen and oxygen atoms in total. The summed E-state index contributed by atoms with van der Waals surface area (Å²) in [6.45, 7) is 0.668. The van der Waals surface area contributed by atoms with E-state index in [0.29, 0.717) is 74.7 Å². The average molecular weight is 945 g/mol. The second-order valence-corrected chi connectivity index (χ2v) is 18.0. The Morgan fingerprint density at radius 1 is 0.689 bits per heavy atom. The molecule has 0 fully saturated rings. The number of hydrogen-bond donors (Lipinski definition) is 0. The molecule has 21 heteroatoms. The van der Waals surface area contributed by atoms with Gasteiger partial charge in [-0.25, -0.2) is 37.1 Å². The van der Waals surface area contributed by atoms with Crippen molar-refractivity contribution in [2.45, 2.75) is 6.42 Å². The molecule has 0 bridgehead atoms. The molecule has 9 rings (SSSR count). The molecule has 310 valence electrons. The van der Waals surface area contributed by atoms with Crippen molar-refractivity contribution in [1.29, 1.82) is 0 Å². The highest BCUT2D eigenvalue weighted by Gasteiger charge is 2.25. The van der Waals surface area contributed by atoms with E-state index in [1.165, 1.54) is 57.5 Å². The minimum atomic E-state index is -3.25. The summed E-state index contributed by atoms with van der Waals surface area (Å²) in [5.41, 5.74) is 6.18. The molecule has 0 N–H and O–H groups in total. The summed E-state index contributed by atoms with van der Waals surface area (Å²) < 4.78 is 55.2. The van der Waals surface area contributed by atoms with Crippen LogP contribution in [0.4, 0.5) is 30.7 Å². The van der Waals surface area contributed by atoms with E-state index in [0.717, 1.165) is 22.4 Å². The van der Waals surface area contributed by atoms with Crippen molar-refractivity contribution in [1.82, 2.24) is 43.5 Å². The average Bonchev–Trinajstić information content (AvgIpc) is 4.08. The van der Waals surface area contributed by atoms with Crippen LogP contribution >= 0.6 is 38.6 Å². The highest BCUT2D eigenvalue weighted by atomic mass is 79.9. The van der Waals surface area contributed by atoms with Gasteiger partial charge in [0.1, 0.15) is 27.6 Å². The van der Waals surface area contributed by atoms with Crippen LogP contribution in [-0.2, 0) is 10.0 Å². The maximum absolute atomic E-state index is 13.3. The number of thiazole rings is 2. The Hall–Kier alpha value is -6.13. The number of halogens is 3. The largest absolute Gasteiger partial charge is 0.303 e. The number of carbonyl (C=O) groups excluding carboxylic acids is 2. The summed E-state index contributed by atoms with van der Waals surface area (Å²) in [7, 11) is 0.326. The van der Waals surface area contributed by atoms with Crippen molar-refractivity contribution in [3.63, 3.8) is 0 Å². The van der Waals surface area contributed by atoms with Crippen LogP contribution < -0.4 is 9.80 Å². The van der Waals surface area contributed by atoms with E-state index in [1.54, 1.807) is 75.4 Å². The summed E-state index contributed by atoms with van der Waals surface area (Å²) in [6.07, 6.45) is 4.96. The summed E-state index contributed by atoms with van der Waals surface area (Å²) in [4.78, 5) is 44.8. The Bertz CT molecular complexity index is 3080. The number of rotatable bonds is 10. The van der Waals surface area contributed by atoms with Crippen molar-refractivity contribution in [3.05, 3.63) is 123 Å². The molecule has 1 aliphatic rings. The van der Waals surface area contributed by atoms with Gasteiger partial charge in [0.2, 0.25) is 10.0 Å². The number of sulfonamides is 1. The molecule has 0 saturated heterocycles. The van der Waals surface area contributed by atoms with E-state index in [1.807, 2.05) is 22.9 Å². The summed E-state index contributed by atoms with van der Waals surface area (Å²) in [6, 6.07) is 19.4. The molecule has 1 aliphatic heterocycles. The number of aromatic nitrogens is 8. The van der Waals surface area contributed by atoms with E-state index in [-0.39, 0.29) is 29.6 Å². The first kappa shape index (κ1) is 41.6. The van der Waals surface area contributed by atoms with E-state index < -0.39 is 10.0 Å². The number of aldehydes is 2. The zero-order valence-corrected chi connectivity index (χ0v) is 36.4. The third kappa shape index (κ3) is 8.59. The van der Waals surface area contributed by atoms with Gasteiger partial charge in [-0.3, -0.25) is 9.59 Å². The third-order valence-electron chi connectivity index (χ3n) is 9.59. The lowest BCUT2D eigenvalue weighted by molar-refractivity contribution is 0.111. The van der Waals surface area contributed by atoms with E-state index >= 15 is 0 Å². The summed E-state index contributed by atoms with van der Waals surface area (Å²) in [5, 5.41) is 14.1. The Labute approximate surface area is 363 Å². The fourth-order valence-corrected chi connectivity index (χ4v) is 9.18. The van der Waals surface area contributed by atoms with Gasteiger partial charge >= 0.3 is 0 Å². The normalized spacial score (nSPS) is 13.2. The minimum Gasteiger partial charge on any atom is -0.303 e. The van der Waals surface area contributed by atoms with E-state index in [4.69, 9.17) is 5.10 Å². The molecular formula is C40H32BrF2N11O4S3.